The number of carbonyl (C=O) groups is 2. The Balaban J connectivity index is 2.72. The second-order valence-corrected chi connectivity index (χ2v) is 5.79. The van der Waals surface area contributed by atoms with Gasteiger partial charge in [0.2, 0.25) is 0 Å². The van der Waals surface area contributed by atoms with Crippen molar-refractivity contribution in [1.29, 1.82) is 0 Å². The molecule has 110 valence electrons. The van der Waals surface area contributed by atoms with Crippen LogP contribution in [0, 0.1) is 0 Å². The first kappa shape index (κ1) is 16.2. The molecule has 0 heterocycles. The summed E-state index contributed by atoms with van der Waals surface area (Å²) in [6.45, 7) is 7.64. The van der Waals surface area contributed by atoms with Crippen molar-refractivity contribution in [3.63, 3.8) is 0 Å². The molecule has 1 amide bonds. The molecule has 0 saturated heterocycles. The van der Waals surface area contributed by atoms with E-state index < -0.39 is 12.1 Å². The first-order valence-corrected chi connectivity index (χ1v) is 6.91. The van der Waals surface area contributed by atoms with Crippen molar-refractivity contribution < 1.29 is 14.3 Å². The Bertz CT molecular complexity index is 449. The summed E-state index contributed by atoms with van der Waals surface area (Å²) in [7, 11) is 0. The second kappa shape index (κ2) is 7.08. The molecule has 0 aliphatic carbocycles. The third kappa shape index (κ3) is 5.43. The zero-order valence-electron chi connectivity index (χ0n) is 12.6. The van der Waals surface area contributed by atoms with Gasteiger partial charge in [0.05, 0.1) is 5.56 Å². The van der Waals surface area contributed by atoms with E-state index in [0.29, 0.717) is 12.0 Å². The van der Waals surface area contributed by atoms with Gasteiger partial charge < -0.3 is 10.1 Å². The molecule has 0 aliphatic heterocycles. The number of esters is 1. The average molecular weight is 277 g/mol. The third-order valence-corrected chi connectivity index (χ3v) is 2.60. The molecule has 1 N–H and O–H groups in total. The molecule has 0 aliphatic rings. The van der Waals surface area contributed by atoms with Gasteiger partial charge in [-0.25, -0.2) is 4.79 Å². The SMILES string of the molecule is CCCC(OC(=O)c1ccccc1)C(=O)NC(C)(C)C. The monoisotopic (exact) mass is 277 g/mol. The van der Waals surface area contributed by atoms with E-state index in [1.54, 1.807) is 24.3 Å². The van der Waals surface area contributed by atoms with Crippen LogP contribution in [-0.2, 0) is 9.53 Å². The Morgan fingerprint density at radius 2 is 1.80 bits per heavy atom. The van der Waals surface area contributed by atoms with E-state index in [-0.39, 0.29) is 11.4 Å². The highest BCUT2D eigenvalue weighted by molar-refractivity contribution is 5.92. The molecule has 0 saturated carbocycles. The van der Waals surface area contributed by atoms with Gasteiger partial charge in [-0.3, -0.25) is 4.79 Å². The standard InChI is InChI=1S/C16H23NO3/c1-5-9-13(14(18)17-16(2,3)4)20-15(19)12-10-7-6-8-11-12/h6-8,10-11,13H,5,9H2,1-4H3,(H,17,18). The summed E-state index contributed by atoms with van der Waals surface area (Å²) in [5.41, 5.74) is 0.111. The van der Waals surface area contributed by atoms with E-state index in [1.165, 1.54) is 0 Å². The summed E-state index contributed by atoms with van der Waals surface area (Å²) in [6.07, 6.45) is 0.539. The van der Waals surface area contributed by atoms with E-state index in [4.69, 9.17) is 4.74 Å². The van der Waals surface area contributed by atoms with Gasteiger partial charge in [-0.05, 0) is 39.3 Å². The minimum atomic E-state index is -0.744. The Morgan fingerprint density at radius 1 is 1.20 bits per heavy atom. The first-order chi connectivity index (χ1) is 9.33. The van der Waals surface area contributed by atoms with E-state index >= 15 is 0 Å². The van der Waals surface area contributed by atoms with Gasteiger partial charge in [-0.1, -0.05) is 31.5 Å². The fourth-order valence-corrected chi connectivity index (χ4v) is 1.73. The predicted octanol–water partition coefficient (Wildman–Crippen LogP) is 2.93. The normalized spacial score (nSPS) is 12.6. The van der Waals surface area contributed by atoms with Crippen molar-refractivity contribution >= 4 is 11.9 Å². The highest BCUT2D eigenvalue weighted by Crippen LogP contribution is 2.10. The van der Waals surface area contributed by atoms with Gasteiger partial charge in [-0.2, -0.15) is 0 Å². The lowest BCUT2D eigenvalue weighted by atomic mass is 10.1. The lowest BCUT2D eigenvalue weighted by Crippen LogP contribution is -2.47. The van der Waals surface area contributed by atoms with E-state index in [0.717, 1.165) is 6.42 Å². The minimum absolute atomic E-state index is 0.247. The molecule has 0 aromatic heterocycles. The van der Waals surface area contributed by atoms with E-state index in [9.17, 15) is 9.59 Å². The van der Waals surface area contributed by atoms with Gasteiger partial charge >= 0.3 is 5.97 Å². The molecule has 0 fully saturated rings. The predicted molar refractivity (Wildman–Crippen MR) is 78.4 cm³/mol. The van der Waals surface area contributed by atoms with Crippen LogP contribution in [0.15, 0.2) is 30.3 Å². The van der Waals surface area contributed by atoms with Crippen LogP contribution in [0.1, 0.15) is 50.9 Å². The number of carbonyl (C=O) groups excluding carboxylic acids is 2. The fourth-order valence-electron chi connectivity index (χ4n) is 1.73. The summed E-state index contributed by atoms with van der Waals surface area (Å²) in [6, 6.07) is 8.70. The number of rotatable bonds is 5. The summed E-state index contributed by atoms with van der Waals surface area (Å²) < 4.78 is 5.33. The van der Waals surface area contributed by atoms with Gasteiger partial charge in [0.1, 0.15) is 0 Å². The maximum absolute atomic E-state index is 12.1. The molecule has 20 heavy (non-hydrogen) atoms. The van der Waals surface area contributed by atoms with Crippen molar-refractivity contribution in [2.24, 2.45) is 0 Å². The number of ether oxygens (including phenoxy) is 1. The van der Waals surface area contributed by atoms with E-state index in [1.807, 2.05) is 33.8 Å². The molecular weight excluding hydrogens is 254 g/mol. The highest BCUT2D eigenvalue weighted by Gasteiger charge is 2.25. The van der Waals surface area contributed by atoms with Gasteiger partial charge in [0, 0.05) is 5.54 Å². The van der Waals surface area contributed by atoms with Crippen LogP contribution < -0.4 is 5.32 Å². The number of hydrogen-bond acceptors (Lipinski definition) is 3. The summed E-state index contributed by atoms with van der Waals surface area (Å²) in [4.78, 5) is 24.1. The highest BCUT2D eigenvalue weighted by atomic mass is 16.5. The molecule has 1 unspecified atom stereocenters. The number of amides is 1. The first-order valence-electron chi connectivity index (χ1n) is 6.91. The van der Waals surface area contributed by atoms with Crippen LogP contribution in [0.3, 0.4) is 0 Å². The lowest BCUT2D eigenvalue weighted by Gasteiger charge is -2.24. The maximum atomic E-state index is 12.1. The topological polar surface area (TPSA) is 55.4 Å². The second-order valence-electron chi connectivity index (χ2n) is 5.79. The van der Waals surface area contributed by atoms with Crippen molar-refractivity contribution in [2.45, 2.75) is 52.2 Å². The number of nitrogens with one attached hydrogen (secondary N) is 1. The largest absolute Gasteiger partial charge is 0.449 e. The zero-order valence-corrected chi connectivity index (χ0v) is 12.6. The molecule has 4 nitrogen and oxygen atoms in total. The average Bonchev–Trinajstić information content (AvgIpc) is 2.37. The Morgan fingerprint density at radius 3 is 2.30 bits per heavy atom. The van der Waals surface area contributed by atoms with Crippen LogP contribution in [0.25, 0.3) is 0 Å². The summed E-state index contributed by atoms with van der Waals surface area (Å²) in [5, 5.41) is 2.84. The Kier molecular flexibility index (Phi) is 5.74. The molecule has 1 rings (SSSR count). The number of hydrogen-bond donors (Lipinski definition) is 1. The fraction of sp³-hybridized carbons (Fsp3) is 0.500. The smallest absolute Gasteiger partial charge is 0.338 e. The molecule has 0 bridgehead atoms. The molecule has 1 aromatic carbocycles. The van der Waals surface area contributed by atoms with Crippen LogP contribution in [0.5, 0.6) is 0 Å². The van der Waals surface area contributed by atoms with Crippen LogP contribution >= 0.6 is 0 Å². The van der Waals surface area contributed by atoms with Gasteiger partial charge in [0.25, 0.3) is 5.91 Å². The molecule has 4 heteroatoms. The lowest BCUT2D eigenvalue weighted by molar-refractivity contribution is -0.131. The summed E-state index contributed by atoms with van der Waals surface area (Å²) in [5.74, 6) is -0.711. The zero-order chi connectivity index (χ0) is 15.2. The van der Waals surface area contributed by atoms with Gasteiger partial charge in [-0.15, -0.1) is 0 Å². The Hall–Kier alpha value is -1.84. The van der Waals surface area contributed by atoms with Crippen LogP contribution in [0.4, 0.5) is 0 Å². The van der Waals surface area contributed by atoms with Crippen LogP contribution in [0.2, 0.25) is 0 Å². The third-order valence-electron chi connectivity index (χ3n) is 2.60. The molecule has 1 atom stereocenters. The molecule has 0 radical (unpaired) electrons. The molecule has 0 spiro atoms. The van der Waals surface area contributed by atoms with E-state index in [2.05, 4.69) is 5.32 Å². The quantitative estimate of drug-likeness (QED) is 0.842. The van der Waals surface area contributed by atoms with Crippen molar-refractivity contribution in [3.05, 3.63) is 35.9 Å². The van der Waals surface area contributed by atoms with Crippen LogP contribution in [-0.4, -0.2) is 23.5 Å². The maximum Gasteiger partial charge on any atom is 0.338 e. The van der Waals surface area contributed by atoms with Crippen molar-refractivity contribution in [1.82, 2.24) is 5.32 Å². The molecule has 1 aromatic rings. The summed E-state index contributed by atoms with van der Waals surface area (Å²) >= 11 is 0. The minimum Gasteiger partial charge on any atom is -0.449 e. The van der Waals surface area contributed by atoms with Gasteiger partial charge in [0.15, 0.2) is 6.10 Å². The van der Waals surface area contributed by atoms with Crippen molar-refractivity contribution in [2.75, 3.05) is 0 Å². The Labute approximate surface area is 120 Å². The van der Waals surface area contributed by atoms with Crippen molar-refractivity contribution in [3.8, 4) is 0 Å². The molecular formula is C16H23NO3. The number of benzene rings is 1.